The van der Waals surface area contributed by atoms with Crippen LogP contribution >= 0.6 is 0 Å². The molecule has 0 saturated carbocycles. The monoisotopic (exact) mass is 463 g/mol. The minimum absolute atomic E-state index is 0.00500. The van der Waals surface area contributed by atoms with Crippen LogP contribution in [0.15, 0.2) is 60.9 Å². The zero-order chi connectivity index (χ0) is 24.2. The lowest BCUT2D eigenvalue weighted by Gasteiger charge is -2.30. The van der Waals surface area contributed by atoms with Crippen LogP contribution in [0.3, 0.4) is 0 Å². The van der Waals surface area contributed by atoms with Gasteiger partial charge in [0.25, 0.3) is 0 Å². The molecule has 2 heterocycles. The normalized spacial score (nSPS) is 17.6. The first-order chi connectivity index (χ1) is 16.4. The second-order valence-corrected chi connectivity index (χ2v) is 9.09. The second-order valence-electron chi connectivity index (χ2n) is 9.09. The van der Waals surface area contributed by atoms with Crippen molar-refractivity contribution in [2.45, 2.75) is 51.7 Å². The molecule has 7 nitrogen and oxygen atoms in total. The fourth-order valence-corrected chi connectivity index (χ4v) is 4.58. The summed E-state index contributed by atoms with van der Waals surface area (Å²) >= 11 is 0. The molecule has 0 radical (unpaired) electrons. The lowest BCUT2D eigenvalue weighted by molar-refractivity contribution is -0.142. The molecule has 1 saturated heterocycles. The molecule has 0 bridgehead atoms. The number of amides is 2. The zero-order valence-electron chi connectivity index (χ0n) is 19.7. The fourth-order valence-electron chi connectivity index (χ4n) is 4.58. The molecule has 0 spiro atoms. The van der Waals surface area contributed by atoms with Crippen molar-refractivity contribution in [3.8, 4) is 11.1 Å². The van der Waals surface area contributed by atoms with Crippen molar-refractivity contribution in [2.75, 3.05) is 6.54 Å². The molecule has 1 N–H and O–H groups in total. The van der Waals surface area contributed by atoms with Crippen molar-refractivity contribution in [1.29, 1.82) is 0 Å². The number of likely N-dealkylation sites (tertiary alicyclic amines) is 1. The molecule has 2 amide bonds. The Labute approximate surface area is 199 Å². The predicted molar refractivity (Wildman–Crippen MR) is 127 cm³/mol. The van der Waals surface area contributed by atoms with Crippen LogP contribution in [0, 0.1) is 11.7 Å². The van der Waals surface area contributed by atoms with Gasteiger partial charge in [-0.1, -0.05) is 61.5 Å². The minimum Gasteiger partial charge on any atom is -0.348 e. The summed E-state index contributed by atoms with van der Waals surface area (Å²) in [5.41, 5.74) is 2.23. The second kappa shape index (κ2) is 10.2. The first-order valence-electron chi connectivity index (χ1n) is 11.7. The summed E-state index contributed by atoms with van der Waals surface area (Å²) in [6, 6.07) is 12.9. The van der Waals surface area contributed by atoms with Gasteiger partial charge in [0.1, 0.15) is 17.9 Å². The standard InChI is InChI=1S/C26H30FN5O2/c1-17(2)24(32-16-14-28-30-32)26(34)31-15-6-9-23(31)25(33)29-18(3)19-10-12-20(13-11-19)21-7-4-5-8-22(21)27/h4-5,7-8,10-14,16-18,23-24H,6,9,15H2,1-3H3,(H,29,33). The maximum absolute atomic E-state index is 14.1. The summed E-state index contributed by atoms with van der Waals surface area (Å²) in [5, 5.41) is 10.9. The van der Waals surface area contributed by atoms with Crippen molar-refractivity contribution in [3.63, 3.8) is 0 Å². The van der Waals surface area contributed by atoms with Gasteiger partial charge in [-0.15, -0.1) is 5.10 Å². The van der Waals surface area contributed by atoms with Crippen molar-refractivity contribution >= 4 is 11.8 Å². The van der Waals surface area contributed by atoms with Gasteiger partial charge >= 0.3 is 0 Å². The number of benzene rings is 2. The van der Waals surface area contributed by atoms with Crippen LogP contribution in [0.1, 0.15) is 51.3 Å². The third kappa shape index (κ3) is 4.85. The van der Waals surface area contributed by atoms with E-state index in [0.717, 1.165) is 17.5 Å². The van der Waals surface area contributed by atoms with Crippen LogP contribution in [0.5, 0.6) is 0 Å². The van der Waals surface area contributed by atoms with Crippen LogP contribution in [-0.2, 0) is 9.59 Å². The summed E-state index contributed by atoms with van der Waals surface area (Å²) in [7, 11) is 0. The third-order valence-electron chi connectivity index (χ3n) is 6.40. The number of nitrogens with zero attached hydrogens (tertiary/aromatic N) is 4. The number of aromatic nitrogens is 3. The Morgan fingerprint density at radius 1 is 1.09 bits per heavy atom. The van der Waals surface area contributed by atoms with Crippen LogP contribution in [0.4, 0.5) is 4.39 Å². The van der Waals surface area contributed by atoms with Crippen molar-refractivity contribution < 1.29 is 14.0 Å². The van der Waals surface area contributed by atoms with E-state index >= 15 is 0 Å². The number of nitrogens with one attached hydrogen (secondary N) is 1. The maximum Gasteiger partial charge on any atom is 0.248 e. The Bertz CT molecular complexity index is 1130. The highest BCUT2D eigenvalue weighted by Crippen LogP contribution is 2.27. The molecule has 1 aliphatic heterocycles. The van der Waals surface area contributed by atoms with E-state index in [1.807, 2.05) is 45.0 Å². The van der Waals surface area contributed by atoms with E-state index in [1.165, 1.54) is 6.07 Å². The number of carbonyl (C=O) groups is 2. The van der Waals surface area contributed by atoms with Crippen LogP contribution in [0.2, 0.25) is 0 Å². The molecule has 2 aromatic carbocycles. The molecule has 3 unspecified atom stereocenters. The molecule has 178 valence electrons. The first-order valence-corrected chi connectivity index (χ1v) is 11.7. The number of rotatable bonds is 7. The molecule has 0 aliphatic carbocycles. The van der Waals surface area contributed by atoms with Gasteiger partial charge in [-0.2, -0.15) is 0 Å². The molecule has 8 heteroatoms. The molecular formula is C26H30FN5O2. The van der Waals surface area contributed by atoms with E-state index < -0.39 is 12.1 Å². The van der Waals surface area contributed by atoms with Gasteiger partial charge < -0.3 is 10.2 Å². The molecule has 1 aromatic heterocycles. The highest BCUT2D eigenvalue weighted by atomic mass is 19.1. The fraction of sp³-hybridized carbons (Fsp3) is 0.385. The Hall–Kier alpha value is -3.55. The quantitative estimate of drug-likeness (QED) is 0.571. The van der Waals surface area contributed by atoms with E-state index in [2.05, 4.69) is 15.6 Å². The smallest absolute Gasteiger partial charge is 0.248 e. The van der Waals surface area contributed by atoms with Crippen molar-refractivity contribution in [3.05, 3.63) is 72.3 Å². The molecule has 1 fully saturated rings. The van der Waals surface area contributed by atoms with Gasteiger partial charge in [-0.05, 0) is 42.9 Å². The first kappa shape index (κ1) is 23.6. The minimum atomic E-state index is -0.516. The van der Waals surface area contributed by atoms with E-state index in [-0.39, 0.29) is 29.6 Å². The predicted octanol–water partition coefficient (Wildman–Crippen LogP) is 4.15. The lowest BCUT2D eigenvalue weighted by Crippen LogP contribution is -2.49. The summed E-state index contributed by atoms with van der Waals surface area (Å²) in [6.45, 7) is 6.37. The van der Waals surface area contributed by atoms with Gasteiger partial charge in [0.15, 0.2) is 0 Å². The summed E-state index contributed by atoms with van der Waals surface area (Å²) < 4.78 is 15.6. The lowest BCUT2D eigenvalue weighted by atomic mass is 10.0. The molecule has 1 aliphatic rings. The average molecular weight is 464 g/mol. The summed E-state index contributed by atoms with van der Waals surface area (Å²) in [4.78, 5) is 28.2. The SMILES string of the molecule is CC(NC(=O)C1CCCN1C(=O)C(C(C)C)n1ccnn1)c1ccc(-c2ccccc2F)cc1. The topological polar surface area (TPSA) is 80.1 Å². The van der Waals surface area contributed by atoms with E-state index in [9.17, 15) is 14.0 Å². The largest absolute Gasteiger partial charge is 0.348 e. The molecule has 34 heavy (non-hydrogen) atoms. The Balaban J connectivity index is 1.44. The van der Waals surface area contributed by atoms with E-state index in [4.69, 9.17) is 0 Å². The van der Waals surface area contributed by atoms with Gasteiger partial charge in [-0.25, -0.2) is 9.07 Å². The zero-order valence-corrected chi connectivity index (χ0v) is 19.7. The van der Waals surface area contributed by atoms with Crippen LogP contribution in [0.25, 0.3) is 11.1 Å². The van der Waals surface area contributed by atoms with Gasteiger partial charge in [0.05, 0.1) is 12.2 Å². The van der Waals surface area contributed by atoms with E-state index in [0.29, 0.717) is 18.5 Å². The molecular weight excluding hydrogens is 433 g/mol. The van der Waals surface area contributed by atoms with Crippen LogP contribution < -0.4 is 5.32 Å². The molecule has 3 atom stereocenters. The van der Waals surface area contributed by atoms with Gasteiger partial charge in [-0.3, -0.25) is 9.59 Å². The number of hydrogen-bond donors (Lipinski definition) is 1. The van der Waals surface area contributed by atoms with Crippen molar-refractivity contribution in [1.82, 2.24) is 25.2 Å². The van der Waals surface area contributed by atoms with Gasteiger partial charge in [0, 0.05) is 18.3 Å². The number of halogens is 1. The average Bonchev–Trinajstić information content (AvgIpc) is 3.52. The third-order valence-corrected chi connectivity index (χ3v) is 6.40. The Kier molecular flexibility index (Phi) is 7.05. The Morgan fingerprint density at radius 3 is 2.47 bits per heavy atom. The highest BCUT2D eigenvalue weighted by Gasteiger charge is 2.39. The van der Waals surface area contributed by atoms with Gasteiger partial charge in [0.2, 0.25) is 11.8 Å². The summed E-state index contributed by atoms with van der Waals surface area (Å²) in [5.74, 6) is -0.545. The van der Waals surface area contributed by atoms with Crippen molar-refractivity contribution in [2.24, 2.45) is 5.92 Å². The van der Waals surface area contributed by atoms with E-state index in [1.54, 1.807) is 40.2 Å². The maximum atomic E-state index is 14.1. The Morgan fingerprint density at radius 2 is 1.82 bits per heavy atom. The number of hydrogen-bond acceptors (Lipinski definition) is 4. The molecule has 3 aromatic rings. The highest BCUT2D eigenvalue weighted by molar-refractivity contribution is 5.90. The molecule has 4 rings (SSSR count). The summed E-state index contributed by atoms with van der Waals surface area (Å²) in [6.07, 6.45) is 4.63. The number of carbonyl (C=O) groups excluding carboxylic acids is 2. The van der Waals surface area contributed by atoms with Crippen LogP contribution in [-0.4, -0.2) is 44.3 Å².